The summed E-state index contributed by atoms with van der Waals surface area (Å²) in [6.07, 6.45) is 3.96. The second kappa shape index (κ2) is 4.82. The van der Waals surface area contributed by atoms with Crippen molar-refractivity contribution >= 4 is 10.9 Å². The van der Waals surface area contributed by atoms with E-state index in [4.69, 9.17) is 5.53 Å². The Kier molecular flexibility index (Phi) is 3.02. The molecule has 78 valence electrons. The predicted octanol–water partition coefficient (Wildman–Crippen LogP) is 2.01. The van der Waals surface area contributed by atoms with Gasteiger partial charge in [0.05, 0.1) is 17.9 Å². The molecule has 0 aliphatic carbocycles. The van der Waals surface area contributed by atoms with Crippen LogP contribution in [0, 0.1) is 11.8 Å². The molecule has 0 atom stereocenters. The molecule has 6 heteroatoms. The van der Waals surface area contributed by atoms with E-state index < -0.39 is 0 Å². The first-order valence-electron chi connectivity index (χ1n) is 4.69. The largest absolute Gasteiger partial charge is 0.276 e. The number of aromatic nitrogens is 3. The number of H-pyrrole nitrogens is 1. The molecule has 1 N–H and O–H groups in total. The average molecular weight is 212 g/mol. The maximum Gasteiger partial charge on any atom is 0.113 e. The third-order valence-electron chi connectivity index (χ3n) is 1.94. The highest BCUT2D eigenvalue weighted by Gasteiger charge is 1.95. The molecule has 0 unspecified atom stereocenters. The number of hydrogen-bond acceptors (Lipinski definition) is 3. The minimum absolute atomic E-state index is 0.386. The summed E-state index contributed by atoms with van der Waals surface area (Å²) in [4.78, 5) is 6.79. The van der Waals surface area contributed by atoms with Crippen LogP contribution < -0.4 is 0 Å². The molecule has 2 aromatic heterocycles. The molecule has 2 aromatic rings. The number of hydrogen-bond donors (Lipinski definition) is 1. The molecule has 0 spiro atoms. The predicted molar refractivity (Wildman–Crippen MR) is 59.4 cm³/mol. The van der Waals surface area contributed by atoms with Crippen LogP contribution in [0.25, 0.3) is 21.3 Å². The minimum atomic E-state index is 0.386. The fourth-order valence-electron chi connectivity index (χ4n) is 1.21. The van der Waals surface area contributed by atoms with Crippen molar-refractivity contribution in [2.75, 3.05) is 6.54 Å². The van der Waals surface area contributed by atoms with E-state index >= 15 is 0 Å². The van der Waals surface area contributed by atoms with Gasteiger partial charge in [0.1, 0.15) is 5.69 Å². The molecule has 2 heterocycles. The van der Waals surface area contributed by atoms with Crippen molar-refractivity contribution < 1.29 is 0 Å². The van der Waals surface area contributed by atoms with Crippen molar-refractivity contribution in [3.05, 3.63) is 34.6 Å². The fourth-order valence-corrected chi connectivity index (χ4v) is 1.21. The van der Waals surface area contributed by atoms with E-state index in [1.54, 1.807) is 12.4 Å². The molecule has 0 saturated heterocycles. The highest BCUT2D eigenvalue weighted by Crippen LogP contribution is 2.08. The molecule has 0 saturated carbocycles. The van der Waals surface area contributed by atoms with Crippen molar-refractivity contribution in [3.8, 4) is 11.8 Å². The zero-order chi connectivity index (χ0) is 11.2. The van der Waals surface area contributed by atoms with Gasteiger partial charge in [-0.15, -0.1) is 0 Å². The number of nitrogens with one attached hydrogen (secondary N) is 1. The first-order chi connectivity index (χ1) is 7.90. The van der Waals surface area contributed by atoms with E-state index in [2.05, 4.69) is 37.0 Å². The highest BCUT2D eigenvalue weighted by atomic mass is 15.1. The molecule has 0 aromatic carbocycles. The number of fused-ring (bicyclic) bond motifs is 1. The molecule has 0 amide bonds. The van der Waals surface area contributed by atoms with Crippen molar-refractivity contribution in [2.45, 2.75) is 6.42 Å². The molecule has 6 nitrogen and oxygen atoms in total. The summed E-state index contributed by atoms with van der Waals surface area (Å²) < 4.78 is 0. The maximum atomic E-state index is 8.06. The van der Waals surface area contributed by atoms with Crippen molar-refractivity contribution in [3.63, 3.8) is 0 Å². The molecule has 0 aliphatic heterocycles. The lowest BCUT2D eigenvalue weighted by molar-refractivity contribution is 1.01. The Morgan fingerprint density at radius 2 is 2.44 bits per heavy atom. The van der Waals surface area contributed by atoms with E-state index in [1.165, 1.54) is 0 Å². The molecule has 2 rings (SSSR count). The van der Waals surface area contributed by atoms with E-state index in [0.717, 1.165) is 10.9 Å². The summed E-state index contributed by atoms with van der Waals surface area (Å²) in [7, 11) is 0. The van der Waals surface area contributed by atoms with Gasteiger partial charge in [0.15, 0.2) is 0 Å². The van der Waals surface area contributed by atoms with Gasteiger partial charge in [-0.2, -0.15) is 5.10 Å². The lowest BCUT2D eigenvalue weighted by Crippen LogP contribution is -1.82. The Hall–Kier alpha value is -2.51. The van der Waals surface area contributed by atoms with Gasteiger partial charge in [-0.3, -0.25) is 5.10 Å². The Labute approximate surface area is 91.3 Å². The van der Waals surface area contributed by atoms with Crippen LogP contribution in [-0.2, 0) is 0 Å². The van der Waals surface area contributed by atoms with Gasteiger partial charge < -0.3 is 0 Å². The molecular weight excluding hydrogens is 204 g/mol. The first-order valence-corrected chi connectivity index (χ1v) is 4.69. The Bertz CT molecular complexity index is 596. The summed E-state index contributed by atoms with van der Waals surface area (Å²) in [5.74, 6) is 5.78. The van der Waals surface area contributed by atoms with Crippen LogP contribution in [0.5, 0.6) is 0 Å². The topological polar surface area (TPSA) is 90.3 Å². The van der Waals surface area contributed by atoms with Crippen LogP contribution in [0.1, 0.15) is 12.1 Å². The van der Waals surface area contributed by atoms with Gasteiger partial charge in [0.25, 0.3) is 0 Å². The second-order valence-electron chi connectivity index (χ2n) is 3.03. The molecule has 0 fully saturated rings. The quantitative estimate of drug-likeness (QED) is 0.271. The third-order valence-corrected chi connectivity index (χ3v) is 1.94. The lowest BCUT2D eigenvalue weighted by atomic mass is 10.2. The molecule has 0 aliphatic rings. The standard InChI is InChI=1S/C10H8N6/c11-16-13-4-2-1-3-9-5-8-6-14-15-10(8)7-12-9/h5-7H,2,4H2,(H,14,15). The minimum Gasteiger partial charge on any atom is -0.276 e. The number of nitrogens with zero attached hydrogens (tertiary/aromatic N) is 5. The number of pyridine rings is 1. The van der Waals surface area contributed by atoms with Gasteiger partial charge in [-0.05, 0) is 17.5 Å². The highest BCUT2D eigenvalue weighted by molar-refractivity contribution is 5.77. The number of azide groups is 1. The fraction of sp³-hybridized carbons (Fsp3) is 0.200. The van der Waals surface area contributed by atoms with Gasteiger partial charge in [-0.25, -0.2) is 4.98 Å². The van der Waals surface area contributed by atoms with Crippen LogP contribution >= 0.6 is 0 Å². The van der Waals surface area contributed by atoms with Crippen molar-refractivity contribution in [1.29, 1.82) is 0 Å². The summed E-state index contributed by atoms with van der Waals surface area (Å²) >= 11 is 0. The van der Waals surface area contributed by atoms with Gasteiger partial charge in [0.2, 0.25) is 0 Å². The van der Waals surface area contributed by atoms with E-state index in [1.807, 2.05) is 6.07 Å². The Morgan fingerprint density at radius 3 is 3.31 bits per heavy atom. The van der Waals surface area contributed by atoms with Gasteiger partial charge in [-0.1, -0.05) is 11.0 Å². The maximum absolute atomic E-state index is 8.06. The summed E-state index contributed by atoms with van der Waals surface area (Å²) in [6, 6.07) is 1.86. The van der Waals surface area contributed by atoms with Crippen LogP contribution in [-0.4, -0.2) is 21.7 Å². The van der Waals surface area contributed by atoms with E-state index in [0.29, 0.717) is 18.7 Å². The van der Waals surface area contributed by atoms with Crippen LogP contribution in [0.2, 0.25) is 0 Å². The zero-order valence-corrected chi connectivity index (χ0v) is 8.38. The molecule has 16 heavy (non-hydrogen) atoms. The van der Waals surface area contributed by atoms with Crippen LogP contribution in [0.3, 0.4) is 0 Å². The van der Waals surface area contributed by atoms with Crippen LogP contribution in [0.4, 0.5) is 0 Å². The second-order valence-corrected chi connectivity index (χ2v) is 3.03. The number of aromatic amines is 1. The summed E-state index contributed by atoms with van der Waals surface area (Å²) in [6.45, 7) is 0.386. The molecule has 0 bridgehead atoms. The zero-order valence-electron chi connectivity index (χ0n) is 8.38. The number of rotatable bonds is 2. The van der Waals surface area contributed by atoms with E-state index in [-0.39, 0.29) is 0 Å². The lowest BCUT2D eigenvalue weighted by Gasteiger charge is -1.89. The van der Waals surface area contributed by atoms with Crippen molar-refractivity contribution in [2.24, 2.45) is 5.11 Å². The first kappa shape index (κ1) is 10.0. The van der Waals surface area contributed by atoms with E-state index in [9.17, 15) is 0 Å². The normalized spacial score (nSPS) is 9.25. The average Bonchev–Trinajstić information content (AvgIpc) is 2.76. The molecule has 0 radical (unpaired) electrons. The smallest absolute Gasteiger partial charge is 0.113 e. The Morgan fingerprint density at radius 1 is 1.50 bits per heavy atom. The van der Waals surface area contributed by atoms with Crippen LogP contribution in [0.15, 0.2) is 23.6 Å². The SMILES string of the molecule is [N-]=[N+]=NCCC#Cc1cc2cn[nH]c2cn1. The van der Waals surface area contributed by atoms with Crippen molar-refractivity contribution in [1.82, 2.24) is 15.2 Å². The monoisotopic (exact) mass is 212 g/mol. The Balaban J connectivity index is 2.11. The van der Waals surface area contributed by atoms with Gasteiger partial charge >= 0.3 is 0 Å². The van der Waals surface area contributed by atoms with Gasteiger partial charge in [0, 0.05) is 23.3 Å². The summed E-state index contributed by atoms with van der Waals surface area (Å²) in [5, 5.41) is 11.1. The third kappa shape index (κ3) is 2.29. The molecular formula is C10H8N6. The summed E-state index contributed by atoms with van der Waals surface area (Å²) in [5.41, 5.74) is 9.64.